The van der Waals surface area contributed by atoms with Crippen LogP contribution in [0.25, 0.3) is 11.4 Å². The fourth-order valence-corrected chi connectivity index (χ4v) is 1.54. The average Bonchev–Trinajstić information content (AvgIpc) is 2.47. The molecule has 5 heteroatoms. The van der Waals surface area contributed by atoms with Gasteiger partial charge in [0, 0.05) is 15.9 Å². The van der Waals surface area contributed by atoms with Gasteiger partial charge in [-0.3, -0.25) is 4.98 Å². The summed E-state index contributed by atoms with van der Waals surface area (Å²) in [5, 5.41) is 0. The molecule has 0 spiro atoms. The number of rotatable bonds is 1. The zero-order chi connectivity index (χ0) is 10.1. The van der Waals surface area contributed by atoms with Crippen LogP contribution in [0, 0.1) is 12.7 Å². The molecule has 0 amide bonds. The monoisotopic (exact) mass is 256 g/mol. The molecule has 0 aliphatic rings. The molecular formula is C9H6BrFN2O. The third-order valence-corrected chi connectivity index (χ3v) is 2.08. The molecule has 3 nitrogen and oxygen atoms in total. The van der Waals surface area contributed by atoms with Crippen molar-refractivity contribution in [1.82, 2.24) is 9.97 Å². The van der Waals surface area contributed by atoms with Gasteiger partial charge in [-0.15, -0.1) is 0 Å². The molecule has 0 saturated heterocycles. The number of aromatic nitrogens is 2. The first-order chi connectivity index (χ1) is 6.66. The summed E-state index contributed by atoms with van der Waals surface area (Å²) in [4.78, 5) is 8.38. The molecule has 0 radical (unpaired) electrons. The number of pyridine rings is 1. The van der Waals surface area contributed by atoms with Crippen LogP contribution < -0.4 is 0 Å². The highest BCUT2D eigenvalue weighted by Crippen LogP contribution is 2.23. The Hall–Kier alpha value is -1.23. The summed E-state index contributed by atoms with van der Waals surface area (Å²) in [6.07, 6.45) is 1.15. The molecule has 72 valence electrons. The van der Waals surface area contributed by atoms with Gasteiger partial charge >= 0.3 is 0 Å². The van der Waals surface area contributed by atoms with Crippen molar-refractivity contribution in [3.8, 4) is 11.4 Å². The lowest BCUT2D eigenvalue weighted by molar-refractivity contribution is 0.501. The molecule has 2 heterocycles. The third kappa shape index (κ3) is 1.68. The standard InChI is InChI=1S/C9H6BrFN2O/c1-5-8(13-9(10)14-5)7-3-2-6(11)4-12-7/h2-4H,1H3. The highest BCUT2D eigenvalue weighted by Gasteiger charge is 2.10. The lowest BCUT2D eigenvalue weighted by Gasteiger charge is -1.95. The SMILES string of the molecule is Cc1oc(Br)nc1-c1ccc(F)cn1. The predicted octanol–water partition coefficient (Wildman–Crippen LogP) is 2.95. The van der Waals surface area contributed by atoms with Gasteiger partial charge in [0.05, 0.1) is 11.9 Å². The maximum absolute atomic E-state index is 12.6. The van der Waals surface area contributed by atoms with Crippen LogP contribution in [-0.4, -0.2) is 9.97 Å². The molecule has 2 aromatic heterocycles. The second kappa shape index (κ2) is 3.49. The van der Waals surface area contributed by atoms with E-state index in [2.05, 4.69) is 25.9 Å². The quantitative estimate of drug-likeness (QED) is 0.788. The van der Waals surface area contributed by atoms with Gasteiger partial charge in [-0.2, -0.15) is 0 Å². The van der Waals surface area contributed by atoms with Gasteiger partial charge in [0.25, 0.3) is 4.80 Å². The van der Waals surface area contributed by atoms with Crippen molar-refractivity contribution in [2.24, 2.45) is 0 Å². The molecule has 14 heavy (non-hydrogen) atoms. The average molecular weight is 257 g/mol. The Morgan fingerprint density at radius 2 is 2.21 bits per heavy atom. The van der Waals surface area contributed by atoms with E-state index < -0.39 is 0 Å². The van der Waals surface area contributed by atoms with Crippen LogP contribution in [-0.2, 0) is 0 Å². The second-order valence-corrected chi connectivity index (χ2v) is 3.41. The van der Waals surface area contributed by atoms with Gasteiger partial charge in [-0.1, -0.05) is 0 Å². The summed E-state index contributed by atoms with van der Waals surface area (Å²) in [7, 11) is 0. The zero-order valence-electron chi connectivity index (χ0n) is 7.29. The molecule has 0 aliphatic carbocycles. The minimum absolute atomic E-state index is 0.367. The Morgan fingerprint density at radius 1 is 1.43 bits per heavy atom. The molecule has 0 fully saturated rings. The van der Waals surface area contributed by atoms with Gasteiger partial charge < -0.3 is 4.42 Å². The van der Waals surface area contributed by atoms with Crippen LogP contribution in [0.15, 0.2) is 27.5 Å². The number of oxazole rings is 1. The van der Waals surface area contributed by atoms with E-state index in [4.69, 9.17) is 4.42 Å². The lowest BCUT2D eigenvalue weighted by atomic mass is 10.2. The smallest absolute Gasteiger partial charge is 0.264 e. The molecule has 0 bridgehead atoms. The first-order valence-corrected chi connectivity index (χ1v) is 4.71. The van der Waals surface area contributed by atoms with E-state index in [9.17, 15) is 4.39 Å². The molecular weight excluding hydrogens is 251 g/mol. The molecule has 0 aromatic carbocycles. The van der Waals surface area contributed by atoms with Crippen molar-refractivity contribution < 1.29 is 8.81 Å². The van der Waals surface area contributed by atoms with Crippen LogP contribution in [0.5, 0.6) is 0 Å². The number of hydrogen-bond donors (Lipinski definition) is 0. The summed E-state index contributed by atoms with van der Waals surface area (Å²) in [5.41, 5.74) is 1.22. The zero-order valence-corrected chi connectivity index (χ0v) is 8.88. The molecule has 0 atom stereocenters. The highest BCUT2D eigenvalue weighted by atomic mass is 79.9. The number of hydrogen-bond acceptors (Lipinski definition) is 3. The van der Waals surface area contributed by atoms with Crippen molar-refractivity contribution in [2.75, 3.05) is 0 Å². The van der Waals surface area contributed by atoms with Gasteiger partial charge in [0.15, 0.2) is 0 Å². The molecule has 0 aliphatic heterocycles. The first kappa shape index (κ1) is 9.33. The molecule has 2 aromatic rings. The van der Waals surface area contributed by atoms with Crippen LogP contribution in [0.4, 0.5) is 4.39 Å². The van der Waals surface area contributed by atoms with Crippen molar-refractivity contribution in [2.45, 2.75) is 6.92 Å². The fourth-order valence-electron chi connectivity index (χ4n) is 1.12. The summed E-state index contributed by atoms with van der Waals surface area (Å²) in [6, 6.07) is 2.90. The Bertz CT molecular complexity index is 452. The van der Waals surface area contributed by atoms with Crippen LogP contribution in [0.3, 0.4) is 0 Å². The van der Waals surface area contributed by atoms with Crippen LogP contribution in [0.1, 0.15) is 5.76 Å². The van der Waals surface area contributed by atoms with Gasteiger partial charge in [-0.05, 0) is 19.1 Å². The summed E-state index contributed by atoms with van der Waals surface area (Å²) < 4.78 is 17.8. The maximum Gasteiger partial charge on any atom is 0.264 e. The third-order valence-electron chi connectivity index (χ3n) is 1.74. The summed E-state index contributed by atoms with van der Waals surface area (Å²) >= 11 is 3.12. The van der Waals surface area contributed by atoms with Crippen molar-refractivity contribution >= 4 is 15.9 Å². The van der Waals surface area contributed by atoms with E-state index in [0.29, 0.717) is 21.9 Å². The minimum Gasteiger partial charge on any atom is -0.436 e. The first-order valence-electron chi connectivity index (χ1n) is 3.91. The summed E-state index contributed by atoms with van der Waals surface area (Å²) in [5.74, 6) is 0.282. The fraction of sp³-hybridized carbons (Fsp3) is 0.111. The normalized spacial score (nSPS) is 10.5. The van der Waals surface area contributed by atoms with Gasteiger partial charge in [0.2, 0.25) is 0 Å². The Labute approximate surface area is 88.1 Å². The van der Waals surface area contributed by atoms with Crippen molar-refractivity contribution in [1.29, 1.82) is 0 Å². The molecule has 0 N–H and O–H groups in total. The summed E-state index contributed by atoms with van der Waals surface area (Å²) in [6.45, 7) is 1.78. The lowest BCUT2D eigenvalue weighted by Crippen LogP contribution is -1.86. The largest absolute Gasteiger partial charge is 0.436 e. The van der Waals surface area contributed by atoms with Crippen LogP contribution in [0.2, 0.25) is 0 Å². The Kier molecular flexibility index (Phi) is 2.33. The Morgan fingerprint density at radius 3 is 2.71 bits per heavy atom. The molecule has 0 saturated carbocycles. The number of nitrogens with zero attached hydrogens (tertiary/aromatic N) is 2. The maximum atomic E-state index is 12.6. The van der Waals surface area contributed by atoms with E-state index in [1.165, 1.54) is 6.07 Å². The molecule has 2 rings (SSSR count). The van der Waals surface area contributed by atoms with Gasteiger partial charge in [0.1, 0.15) is 17.3 Å². The minimum atomic E-state index is -0.367. The van der Waals surface area contributed by atoms with Crippen molar-refractivity contribution in [3.05, 3.63) is 34.7 Å². The van der Waals surface area contributed by atoms with E-state index in [1.54, 1.807) is 13.0 Å². The highest BCUT2D eigenvalue weighted by molar-refractivity contribution is 9.10. The van der Waals surface area contributed by atoms with E-state index >= 15 is 0 Å². The molecule has 0 unspecified atom stereocenters. The van der Waals surface area contributed by atoms with Gasteiger partial charge in [-0.25, -0.2) is 9.37 Å². The van der Waals surface area contributed by atoms with Crippen molar-refractivity contribution in [3.63, 3.8) is 0 Å². The topological polar surface area (TPSA) is 38.9 Å². The number of halogens is 2. The second-order valence-electron chi connectivity index (χ2n) is 2.73. The van der Waals surface area contributed by atoms with E-state index in [0.717, 1.165) is 6.20 Å². The predicted molar refractivity (Wildman–Crippen MR) is 52.1 cm³/mol. The van der Waals surface area contributed by atoms with Crippen LogP contribution >= 0.6 is 15.9 Å². The van der Waals surface area contributed by atoms with E-state index in [-0.39, 0.29) is 5.82 Å². The van der Waals surface area contributed by atoms with E-state index in [1.807, 2.05) is 0 Å². The Balaban J connectivity index is 2.49. The number of aryl methyl sites for hydroxylation is 1.